The maximum atomic E-state index is 12.1. The van der Waals surface area contributed by atoms with Crippen LogP contribution in [0.2, 0.25) is 0 Å². The fraction of sp³-hybridized carbons (Fsp3) is 0.533. The van der Waals surface area contributed by atoms with Crippen LogP contribution in [0.1, 0.15) is 13.3 Å². The normalized spacial score (nSPS) is 10.8. The summed E-state index contributed by atoms with van der Waals surface area (Å²) in [4.78, 5) is 13.6. The van der Waals surface area contributed by atoms with Gasteiger partial charge < -0.3 is 15.0 Å². The van der Waals surface area contributed by atoms with Gasteiger partial charge in [-0.05, 0) is 38.2 Å². The van der Waals surface area contributed by atoms with Crippen LogP contribution in [0.3, 0.4) is 0 Å². The van der Waals surface area contributed by atoms with Gasteiger partial charge >= 0.3 is 0 Å². The van der Waals surface area contributed by atoms with Crippen LogP contribution in [-0.2, 0) is 14.8 Å². The number of amides is 1. The average molecular weight is 380 g/mol. The molecule has 1 aromatic rings. The summed E-state index contributed by atoms with van der Waals surface area (Å²) in [6.45, 7) is 3.73. The summed E-state index contributed by atoms with van der Waals surface area (Å²) >= 11 is 0. The number of benzene rings is 1. The van der Waals surface area contributed by atoms with Crippen LogP contribution in [-0.4, -0.2) is 59.6 Å². The van der Waals surface area contributed by atoms with E-state index in [1.54, 1.807) is 24.1 Å². The first-order chi connectivity index (χ1) is 10.9. The Morgan fingerprint density at radius 2 is 1.83 bits per heavy atom. The van der Waals surface area contributed by atoms with E-state index >= 15 is 0 Å². The monoisotopic (exact) mass is 379 g/mol. The van der Waals surface area contributed by atoms with Crippen molar-refractivity contribution in [2.24, 2.45) is 0 Å². The van der Waals surface area contributed by atoms with Crippen LogP contribution < -0.4 is 14.8 Å². The number of ether oxygens (including phenoxy) is 1. The molecule has 0 fully saturated rings. The standard InChI is InChI=1S/C15H25N3O4S.ClH/c1-4-22-13-5-7-14(8-6-13)23(20,21)17-10-9-15(19)18(3)12-11-16-2;/h5-8,16-17H,4,9-12H2,1-3H3;1H. The molecule has 24 heavy (non-hydrogen) atoms. The second-order valence-electron chi connectivity index (χ2n) is 4.97. The highest BCUT2D eigenvalue weighted by atomic mass is 35.5. The fourth-order valence-electron chi connectivity index (χ4n) is 1.85. The van der Waals surface area contributed by atoms with Gasteiger partial charge in [-0.2, -0.15) is 0 Å². The predicted octanol–water partition coefficient (Wildman–Crippen LogP) is 0.853. The van der Waals surface area contributed by atoms with Crippen molar-refractivity contribution in [1.29, 1.82) is 0 Å². The number of carbonyl (C=O) groups is 1. The minimum Gasteiger partial charge on any atom is -0.494 e. The van der Waals surface area contributed by atoms with Gasteiger partial charge in [0.15, 0.2) is 0 Å². The molecule has 0 atom stereocenters. The van der Waals surface area contributed by atoms with E-state index in [1.807, 2.05) is 14.0 Å². The van der Waals surface area contributed by atoms with E-state index in [4.69, 9.17) is 4.74 Å². The van der Waals surface area contributed by atoms with Gasteiger partial charge in [-0.25, -0.2) is 13.1 Å². The van der Waals surface area contributed by atoms with Crippen molar-refractivity contribution in [1.82, 2.24) is 14.9 Å². The van der Waals surface area contributed by atoms with Crippen molar-refractivity contribution in [2.75, 3.05) is 40.3 Å². The van der Waals surface area contributed by atoms with Crippen LogP contribution in [0.25, 0.3) is 0 Å². The molecule has 0 radical (unpaired) electrons. The number of nitrogens with one attached hydrogen (secondary N) is 2. The minimum absolute atomic E-state index is 0. The first-order valence-corrected chi connectivity index (χ1v) is 9.00. The molecule has 1 amide bonds. The van der Waals surface area contributed by atoms with Crippen molar-refractivity contribution in [3.05, 3.63) is 24.3 Å². The number of carbonyl (C=O) groups excluding carboxylic acids is 1. The molecule has 1 rings (SSSR count). The van der Waals surface area contributed by atoms with Crippen LogP contribution in [0, 0.1) is 0 Å². The van der Waals surface area contributed by atoms with Crippen LogP contribution >= 0.6 is 12.4 Å². The third kappa shape index (κ3) is 7.48. The Kier molecular flexibility index (Phi) is 10.6. The molecule has 7 nitrogen and oxygen atoms in total. The topological polar surface area (TPSA) is 87.7 Å². The molecule has 0 heterocycles. The zero-order valence-corrected chi connectivity index (χ0v) is 15.9. The van der Waals surface area contributed by atoms with Gasteiger partial charge in [-0.1, -0.05) is 0 Å². The third-order valence-electron chi connectivity index (χ3n) is 3.20. The van der Waals surface area contributed by atoms with E-state index in [-0.39, 0.29) is 36.2 Å². The van der Waals surface area contributed by atoms with Crippen molar-refractivity contribution >= 4 is 28.3 Å². The van der Waals surface area contributed by atoms with E-state index in [9.17, 15) is 13.2 Å². The van der Waals surface area contributed by atoms with E-state index < -0.39 is 10.0 Å². The Hall–Kier alpha value is -1.35. The quantitative estimate of drug-likeness (QED) is 0.629. The molecule has 1 aromatic carbocycles. The SMILES string of the molecule is CCOc1ccc(S(=O)(=O)NCCC(=O)N(C)CCNC)cc1.Cl. The van der Waals surface area contributed by atoms with E-state index in [2.05, 4.69) is 10.0 Å². The van der Waals surface area contributed by atoms with E-state index in [0.29, 0.717) is 25.4 Å². The summed E-state index contributed by atoms with van der Waals surface area (Å²) in [5, 5.41) is 2.95. The van der Waals surface area contributed by atoms with Gasteiger partial charge in [0.05, 0.1) is 11.5 Å². The first kappa shape index (κ1) is 22.6. The molecule has 0 spiro atoms. The van der Waals surface area contributed by atoms with Gasteiger partial charge in [0.2, 0.25) is 15.9 Å². The Bertz CT molecular complexity index is 593. The zero-order valence-electron chi connectivity index (χ0n) is 14.2. The number of halogens is 1. The molecule has 138 valence electrons. The van der Waals surface area contributed by atoms with Crippen LogP contribution in [0.5, 0.6) is 5.75 Å². The highest BCUT2D eigenvalue weighted by Crippen LogP contribution is 2.15. The first-order valence-electron chi connectivity index (χ1n) is 7.51. The molecule has 0 aliphatic heterocycles. The smallest absolute Gasteiger partial charge is 0.240 e. The van der Waals surface area contributed by atoms with Crippen LogP contribution in [0.4, 0.5) is 0 Å². The maximum Gasteiger partial charge on any atom is 0.240 e. The molecule has 0 aromatic heterocycles. The highest BCUT2D eigenvalue weighted by molar-refractivity contribution is 7.89. The average Bonchev–Trinajstić information content (AvgIpc) is 2.53. The number of hydrogen-bond donors (Lipinski definition) is 2. The van der Waals surface area contributed by atoms with Crippen LogP contribution in [0.15, 0.2) is 29.2 Å². The molecular formula is C15H26ClN3O4S. The van der Waals surface area contributed by atoms with Gasteiger partial charge in [0.25, 0.3) is 0 Å². The number of sulfonamides is 1. The number of rotatable bonds is 10. The third-order valence-corrected chi connectivity index (χ3v) is 4.68. The molecule has 2 N–H and O–H groups in total. The largest absolute Gasteiger partial charge is 0.494 e. The van der Waals surface area contributed by atoms with Gasteiger partial charge in [-0.3, -0.25) is 4.79 Å². The van der Waals surface area contributed by atoms with Crippen molar-refractivity contribution in [3.8, 4) is 5.75 Å². The summed E-state index contributed by atoms with van der Waals surface area (Å²) in [5.41, 5.74) is 0. The Morgan fingerprint density at radius 3 is 2.38 bits per heavy atom. The van der Waals surface area contributed by atoms with Crippen molar-refractivity contribution < 1.29 is 17.9 Å². The van der Waals surface area contributed by atoms with E-state index in [0.717, 1.165) is 0 Å². The fourth-order valence-corrected chi connectivity index (χ4v) is 2.88. The summed E-state index contributed by atoms with van der Waals surface area (Å²) < 4.78 is 32.0. The molecule has 9 heteroatoms. The molecule has 0 saturated carbocycles. The molecule has 0 saturated heterocycles. The molecule has 0 aliphatic rings. The number of hydrogen-bond acceptors (Lipinski definition) is 5. The molecular weight excluding hydrogens is 354 g/mol. The molecule has 0 aliphatic carbocycles. The second-order valence-corrected chi connectivity index (χ2v) is 6.74. The van der Waals surface area contributed by atoms with Gasteiger partial charge in [0.1, 0.15) is 5.75 Å². The highest BCUT2D eigenvalue weighted by Gasteiger charge is 2.15. The van der Waals surface area contributed by atoms with Crippen molar-refractivity contribution in [2.45, 2.75) is 18.2 Å². The Labute approximate surface area is 150 Å². The van der Waals surface area contributed by atoms with Crippen molar-refractivity contribution in [3.63, 3.8) is 0 Å². The Balaban J connectivity index is 0.00000529. The number of nitrogens with zero attached hydrogens (tertiary/aromatic N) is 1. The summed E-state index contributed by atoms with van der Waals surface area (Å²) in [6, 6.07) is 6.17. The summed E-state index contributed by atoms with van der Waals surface area (Å²) in [6.07, 6.45) is 0.122. The lowest BCUT2D eigenvalue weighted by atomic mass is 10.3. The summed E-state index contributed by atoms with van der Waals surface area (Å²) in [5.74, 6) is 0.516. The Morgan fingerprint density at radius 1 is 1.21 bits per heavy atom. The minimum atomic E-state index is -3.62. The maximum absolute atomic E-state index is 12.1. The lowest BCUT2D eigenvalue weighted by Crippen LogP contribution is -2.35. The zero-order chi connectivity index (χ0) is 17.3. The number of likely N-dealkylation sites (N-methyl/N-ethyl adjacent to an activating group) is 2. The lowest BCUT2D eigenvalue weighted by Gasteiger charge is -2.17. The van der Waals surface area contributed by atoms with E-state index in [1.165, 1.54) is 12.1 Å². The molecule has 0 unspecified atom stereocenters. The molecule has 0 bridgehead atoms. The predicted molar refractivity (Wildman–Crippen MR) is 96.2 cm³/mol. The van der Waals surface area contributed by atoms with Gasteiger partial charge in [-0.15, -0.1) is 12.4 Å². The van der Waals surface area contributed by atoms with Gasteiger partial charge in [0, 0.05) is 33.1 Å². The summed E-state index contributed by atoms with van der Waals surface area (Å²) in [7, 11) is -0.115. The second kappa shape index (κ2) is 11.2. The lowest BCUT2D eigenvalue weighted by molar-refractivity contribution is -0.129.